The predicted molar refractivity (Wildman–Crippen MR) is 94.3 cm³/mol. The van der Waals surface area contributed by atoms with Crippen LogP contribution in [0.5, 0.6) is 0 Å². The van der Waals surface area contributed by atoms with Gasteiger partial charge in [-0.2, -0.15) is 0 Å². The number of thiazole rings is 1. The van der Waals surface area contributed by atoms with Crippen molar-refractivity contribution in [3.63, 3.8) is 0 Å². The van der Waals surface area contributed by atoms with Crippen LogP contribution >= 0.6 is 11.3 Å². The molecule has 0 unspecified atom stereocenters. The Bertz CT molecular complexity index is 647. The number of benzene rings is 1. The largest absolute Gasteiger partial charge is 0.354 e. The second-order valence-electron chi connectivity index (χ2n) is 6.23. The molecule has 1 fully saturated rings. The van der Waals surface area contributed by atoms with Crippen molar-refractivity contribution in [1.29, 1.82) is 0 Å². The lowest BCUT2D eigenvalue weighted by atomic mass is 9.82. The smallest absolute Gasteiger partial charge is 0.240 e. The molecule has 1 saturated carbocycles. The highest BCUT2D eigenvalue weighted by atomic mass is 32.1. The Morgan fingerprint density at radius 2 is 1.96 bits per heavy atom. The molecule has 1 aliphatic carbocycles. The van der Waals surface area contributed by atoms with Gasteiger partial charge in [-0.25, -0.2) is 4.98 Å². The maximum absolute atomic E-state index is 12.3. The quantitative estimate of drug-likeness (QED) is 0.885. The summed E-state index contributed by atoms with van der Waals surface area (Å²) in [5, 5.41) is 6.08. The highest BCUT2D eigenvalue weighted by Gasteiger charge is 2.34. The number of nitrogens with zero attached hydrogens (tertiary/aromatic N) is 1. The standard InChI is InChI=1S/C18H23N3OS/c19-18(10-5-2-6-11-18)17(22)20-12-9-15-13-23-16(21-15)14-7-3-1-4-8-14/h1,3-4,7-8,13H,2,5-6,9-12,19H2,(H,20,22). The summed E-state index contributed by atoms with van der Waals surface area (Å²) in [5.41, 5.74) is 7.73. The summed E-state index contributed by atoms with van der Waals surface area (Å²) < 4.78 is 0. The number of hydrogen-bond acceptors (Lipinski definition) is 4. The monoisotopic (exact) mass is 329 g/mol. The van der Waals surface area contributed by atoms with E-state index in [9.17, 15) is 4.79 Å². The van der Waals surface area contributed by atoms with Gasteiger partial charge in [0, 0.05) is 23.9 Å². The minimum Gasteiger partial charge on any atom is -0.354 e. The maximum atomic E-state index is 12.3. The third kappa shape index (κ3) is 3.98. The van der Waals surface area contributed by atoms with Gasteiger partial charge < -0.3 is 11.1 Å². The second kappa shape index (κ2) is 7.23. The summed E-state index contributed by atoms with van der Waals surface area (Å²) in [6, 6.07) is 10.2. The number of aromatic nitrogens is 1. The van der Waals surface area contributed by atoms with Crippen molar-refractivity contribution >= 4 is 17.2 Å². The van der Waals surface area contributed by atoms with Crippen LogP contribution in [0, 0.1) is 0 Å². The van der Waals surface area contributed by atoms with Crippen LogP contribution in [0.15, 0.2) is 35.7 Å². The number of carbonyl (C=O) groups excluding carboxylic acids is 1. The Labute approximate surface area is 141 Å². The molecular weight excluding hydrogens is 306 g/mol. The van der Waals surface area contributed by atoms with Crippen molar-refractivity contribution in [2.45, 2.75) is 44.1 Å². The van der Waals surface area contributed by atoms with Crippen LogP contribution in [0.2, 0.25) is 0 Å². The molecule has 0 bridgehead atoms. The molecule has 122 valence electrons. The Kier molecular flexibility index (Phi) is 5.08. The van der Waals surface area contributed by atoms with E-state index < -0.39 is 5.54 Å². The van der Waals surface area contributed by atoms with Gasteiger partial charge in [0.05, 0.1) is 11.2 Å². The van der Waals surface area contributed by atoms with Crippen LogP contribution in [0.25, 0.3) is 10.6 Å². The lowest BCUT2D eigenvalue weighted by Gasteiger charge is -2.31. The molecule has 3 rings (SSSR count). The third-order valence-corrected chi connectivity index (χ3v) is 5.38. The average molecular weight is 329 g/mol. The van der Waals surface area contributed by atoms with Crippen LogP contribution in [-0.2, 0) is 11.2 Å². The van der Waals surface area contributed by atoms with E-state index in [4.69, 9.17) is 5.73 Å². The molecule has 1 aromatic heterocycles. The van der Waals surface area contributed by atoms with Crippen molar-refractivity contribution in [3.05, 3.63) is 41.4 Å². The van der Waals surface area contributed by atoms with E-state index in [0.717, 1.165) is 48.4 Å². The predicted octanol–water partition coefficient (Wildman–Crippen LogP) is 3.13. The van der Waals surface area contributed by atoms with E-state index in [1.54, 1.807) is 11.3 Å². The molecule has 5 heteroatoms. The summed E-state index contributed by atoms with van der Waals surface area (Å²) in [5.74, 6) is -0.00397. The topological polar surface area (TPSA) is 68.0 Å². The maximum Gasteiger partial charge on any atom is 0.240 e. The minimum absolute atomic E-state index is 0.00397. The molecule has 0 saturated heterocycles. The lowest BCUT2D eigenvalue weighted by molar-refractivity contribution is -0.127. The van der Waals surface area contributed by atoms with E-state index in [1.807, 2.05) is 18.2 Å². The third-order valence-electron chi connectivity index (χ3n) is 4.44. The fraction of sp³-hybridized carbons (Fsp3) is 0.444. The molecule has 0 radical (unpaired) electrons. The van der Waals surface area contributed by atoms with Crippen molar-refractivity contribution in [3.8, 4) is 10.6 Å². The van der Waals surface area contributed by atoms with Crippen molar-refractivity contribution in [2.24, 2.45) is 5.73 Å². The number of amides is 1. The highest BCUT2D eigenvalue weighted by Crippen LogP contribution is 2.26. The Morgan fingerprint density at radius 3 is 2.70 bits per heavy atom. The van der Waals surface area contributed by atoms with Crippen LogP contribution in [0.4, 0.5) is 0 Å². The first kappa shape index (κ1) is 16.1. The van der Waals surface area contributed by atoms with Crippen molar-refractivity contribution in [2.75, 3.05) is 6.54 Å². The minimum atomic E-state index is -0.657. The van der Waals surface area contributed by atoms with Crippen LogP contribution in [-0.4, -0.2) is 23.0 Å². The molecule has 1 aromatic carbocycles. The van der Waals surface area contributed by atoms with Gasteiger partial charge in [-0.3, -0.25) is 4.79 Å². The number of rotatable bonds is 5. The summed E-state index contributed by atoms with van der Waals surface area (Å²) >= 11 is 1.64. The number of nitrogens with one attached hydrogen (secondary N) is 1. The zero-order chi connectivity index (χ0) is 16.1. The van der Waals surface area contributed by atoms with Gasteiger partial charge in [0.2, 0.25) is 5.91 Å². The highest BCUT2D eigenvalue weighted by molar-refractivity contribution is 7.13. The molecule has 2 aromatic rings. The fourth-order valence-electron chi connectivity index (χ4n) is 3.02. The normalized spacial score (nSPS) is 16.9. The van der Waals surface area contributed by atoms with E-state index in [2.05, 4.69) is 27.8 Å². The Hall–Kier alpha value is -1.72. The van der Waals surface area contributed by atoms with Gasteiger partial charge in [-0.1, -0.05) is 49.6 Å². The van der Waals surface area contributed by atoms with E-state index in [-0.39, 0.29) is 5.91 Å². The summed E-state index contributed by atoms with van der Waals surface area (Å²) in [6.45, 7) is 0.593. The number of hydrogen-bond donors (Lipinski definition) is 2. The average Bonchev–Trinajstić information content (AvgIpc) is 3.05. The molecule has 0 atom stereocenters. The van der Waals surface area contributed by atoms with Crippen LogP contribution in [0.1, 0.15) is 37.8 Å². The van der Waals surface area contributed by atoms with Gasteiger partial charge in [-0.15, -0.1) is 11.3 Å². The van der Waals surface area contributed by atoms with Crippen molar-refractivity contribution < 1.29 is 4.79 Å². The van der Waals surface area contributed by atoms with Gasteiger partial charge >= 0.3 is 0 Å². The zero-order valence-electron chi connectivity index (χ0n) is 13.3. The Morgan fingerprint density at radius 1 is 1.22 bits per heavy atom. The number of nitrogens with two attached hydrogens (primary N) is 1. The molecule has 0 aliphatic heterocycles. The SMILES string of the molecule is NC1(C(=O)NCCc2csc(-c3ccccc3)n2)CCCCC1. The van der Waals surface area contributed by atoms with E-state index >= 15 is 0 Å². The molecule has 3 N–H and O–H groups in total. The summed E-state index contributed by atoms with van der Waals surface area (Å²) in [4.78, 5) is 16.9. The van der Waals surface area contributed by atoms with E-state index in [0.29, 0.717) is 6.54 Å². The molecule has 1 aliphatic rings. The van der Waals surface area contributed by atoms with Gasteiger partial charge in [0.1, 0.15) is 5.01 Å². The van der Waals surface area contributed by atoms with Crippen molar-refractivity contribution in [1.82, 2.24) is 10.3 Å². The molecule has 1 amide bonds. The molecule has 4 nitrogen and oxygen atoms in total. The fourth-order valence-corrected chi connectivity index (χ4v) is 3.89. The first-order chi connectivity index (χ1) is 11.2. The second-order valence-corrected chi connectivity index (χ2v) is 7.09. The molecule has 0 spiro atoms. The lowest BCUT2D eigenvalue weighted by Crippen LogP contribution is -2.55. The summed E-state index contributed by atoms with van der Waals surface area (Å²) in [7, 11) is 0. The van der Waals surface area contributed by atoms with E-state index in [1.165, 1.54) is 6.42 Å². The first-order valence-corrected chi connectivity index (χ1v) is 9.12. The Balaban J connectivity index is 1.51. The molecule has 23 heavy (non-hydrogen) atoms. The molecular formula is C18H23N3OS. The first-order valence-electron chi connectivity index (χ1n) is 8.24. The van der Waals surface area contributed by atoms with Gasteiger partial charge in [-0.05, 0) is 12.8 Å². The zero-order valence-corrected chi connectivity index (χ0v) is 14.1. The molecule has 1 heterocycles. The number of carbonyl (C=O) groups is 1. The summed E-state index contributed by atoms with van der Waals surface area (Å²) in [6.07, 6.45) is 5.63. The van der Waals surface area contributed by atoms with Gasteiger partial charge in [0.25, 0.3) is 0 Å². The van der Waals surface area contributed by atoms with Gasteiger partial charge in [0.15, 0.2) is 0 Å². The van der Waals surface area contributed by atoms with Crippen LogP contribution in [0.3, 0.4) is 0 Å². The van der Waals surface area contributed by atoms with Crippen LogP contribution < -0.4 is 11.1 Å².